The second-order valence-electron chi connectivity index (χ2n) is 3.95. The molecule has 2 rings (SSSR count). The average Bonchev–Trinajstić information content (AvgIpc) is 2.63. The van der Waals surface area contributed by atoms with Crippen LogP contribution in [-0.4, -0.2) is 4.98 Å². The van der Waals surface area contributed by atoms with E-state index in [2.05, 4.69) is 52.1 Å². The molecule has 1 aromatic carbocycles. The van der Waals surface area contributed by atoms with E-state index in [9.17, 15) is 0 Å². The number of hydrogen-bond donors (Lipinski definition) is 1. The molecule has 0 spiro atoms. The molecule has 0 aliphatic carbocycles. The largest absolute Gasteiger partial charge is 0.358 e. The van der Waals surface area contributed by atoms with Crippen molar-refractivity contribution in [1.29, 1.82) is 0 Å². The first-order chi connectivity index (χ1) is 7.31. The molecule has 0 saturated carbocycles. The van der Waals surface area contributed by atoms with Gasteiger partial charge in [-0.2, -0.15) is 0 Å². The smallest absolute Gasteiger partial charge is 0.0467 e. The fraction of sp³-hybridized carbons (Fsp3) is 0.385. The minimum absolute atomic E-state index is 1.16. The number of benzene rings is 1. The monoisotopic (exact) mass is 265 g/mol. The summed E-state index contributed by atoms with van der Waals surface area (Å²) in [6.07, 6.45) is 5.04. The van der Waals surface area contributed by atoms with Crippen molar-refractivity contribution in [2.75, 3.05) is 0 Å². The van der Waals surface area contributed by atoms with Crippen molar-refractivity contribution < 1.29 is 0 Å². The van der Waals surface area contributed by atoms with Gasteiger partial charge in [0.15, 0.2) is 0 Å². The summed E-state index contributed by atoms with van der Waals surface area (Å²) in [6, 6.07) is 8.54. The molecule has 0 saturated heterocycles. The first kappa shape index (κ1) is 10.7. The molecular weight excluding hydrogens is 250 g/mol. The van der Waals surface area contributed by atoms with Crippen LogP contribution in [0.2, 0.25) is 0 Å². The first-order valence-electron chi connectivity index (χ1n) is 5.57. The zero-order valence-electron chi connectivity index (χ0n) is 9.02. The Morgan fingerprint density at radius 2 is 2.13 bits per heavy atom. The second kappa shape index (κ2) is 4.84. The molecule has 15 heavy (non-hydrogen) atoms. The minimum atomic E-state index is 1.16. The van der Waals surface area contributed by atoms with Gasteiger partial charge in [0.1, 0.15) is 0 Å². The predicted octanol–water partition coefficient (Wildman–Crippen LogP) is 4.66. The molecule has 0 aliphatic heterocycles. The lowest BCUT2D eigenvalue weighted by atomic mass is 10.1. The maximum Gasteiger partial charge on any atom is 0.0467 e. The molecule has 0 atom stereocenters. The highest BCUT2D eigenvalue weighted by atomic mass is 79.9. The second-order valence-corrected chi connectivity index (χ2v) is 4.81. The van der Waals surface area contributed by atoms with Crippen LogP contribution < -0.4 is 0 Å². The maximum absolute atomic E-state index is 3.57. The summed E-state index contributed by atoms with van der Waals surface area (Å²) in [5.74, 6) is 0. The fourth-order valence-corrected chi connectivity index (χ4v) is 2.36. The first-order valence-corrected chi connectivity index (χ1v) is 6.36. The Bertz CT molecular complexity index is 445. The van der Waals surface area contributed by atoms with Crippen LogP contribution in [-0.2, 0) is 6.42 Å². The van der Waals surface area contributed by atoms with Crippen molar-refractivity contribution >= 4 is 26.8 Å². The number of aromatic nitrogens is 1. The molecular formula is C13H16BrN. The summed E-state index contributed by atoms with van der Waals surface area (Å²) >= 11 is 3.57. The van der Waals surface area contributed by atoms with Gasteiger partial charge in [-0.15, -0.1) is 0 Å². The Kier molecular flexibility index (Phi) is 3.47. The molecule has 1 nitrogen and oxygen atoms in total. The van der Waals surface area contributed by atoms with E-state index in [1.807, 2.05) is 0 Å². The van der Waals surface area contributed by atoms with Gasteiger partial charge in [-0.3, -0.25) is 0 Å². The summed E-state index contributed by atoms with van der Waals surface area (Å²) in [5.41, 5.74) is 2.58. The third-order valence-electron chi connectivity index (χ3n) is 2.72. The summed E-state index contributed by atoms with van der Waals surface area (Å²) in [4.78, 5) is 3.47. The van der Waals surface area contributed by atoms with Crippen LogP contribution in [0.15, 0.2) is 28.7 Å². The zero-order valence-corrected chi connectivity index (χ0v) is 10.6. The van der Waals surface area contributed by atoms with E-state index in [1.165, 1.54) is 40.3 Å². The van der Waals surface area contributed by atoms with Crippen LogP contribution >= 0.6 is 15.9 Å². The van der Waals surface area contributed by atoms with Crippen LogP contribution in [0.3, 0.4) is 0 Å². The lowest BCUT2D eigenvalue weighted by molar-refractivity contribution is 0.710. The van der Waals surface area contributed by atoms with Crippen LogP contribution in [0.4, 0.5) is 0 Å². The van der Waals surface area contributed by atoms with E-state index in [1.54, 1.807) is 0 Å². The van der Waals surface area contributed by atoms with E-state index in [0.29, 0.717) is 0 Å². The van der Waals surface area contributed by atoms with Crippen LogP contribution in [0, 0.1) is 0 Å². The summed E-state index contributed by atoms with van der Waals surface area (Å²) < 4.78 is 1.18. The highest BCUT2D eigenvalue weighted by Crippen LogP contribution is 2.24. The third-order valence-corrected chi connectivity index (χ3v) is 3.41. The van der Waals surface area contributed by atoms with Gasteiger partial charge in [0.25, 0.3) is 0 Å². The molecule has 0 amide bonds. The molecule has 0 aliphatic rings. The number of aromatic amines is 1. The van der Waals surface area contributed by atoms with Gasteiger partial charge < -0.3 is 4.98 Å². The molecule has 0 unspecified atom stereocenters. The van der Waals surface area contributed by atoms with Gasteiger partial charge in [-0.25, -0.2) is 0 Å². The standard InChI is InChI=1S/C13H16BrN/c1-2-3-4-6-10-9-11-12(14)7-5-8-13(11)15-10/h5,7-9,15H,2-4,6H2,1H3. The number of aryl methyl sites for hydroxylation is 1. The number of halogens is 1. The molecule has 80 valence electrons. The fourth-order valence-electron chi connectivity index (χ4n) is 1.88. The Hall–Kier alpha value is -0.760. The van der Waals surface area contributed by atoms with Gasteiger partial charge in [-0.05, 0) is 31.0 Å². The summed E-state index contributed by atoms with van der Waals surface area (Å²) in [6.45, 7) is 2.24. The quantitative estimate of drug-likeness (QED) is 0.774. The number of H-pyrrole nitrogens is 1. The lowest BCUT2D eigenvalue weighted by Gasteiger charge is -1.95. The number of rotatable bonds is 4. The number of unbranched alkanes of at least 4 members (excludes halogenated alkanes) is 2. The summed E-state index contributed by atoms with van der Waals surface area (Å²) in [5, 5.41) is 1.30. The summed E-state index contributed by atoms with van der Waals surface area (Å²) in [7, 11) is 0. The normalized spacial score (nSPS) is 11.1. The molecule has 0 bridgehead atoms. The van der Waals surface area contributed by atoms with Crippen molar-refractivity contribution in [2.24, 2.45) is 0 Å². The number of nitrogens with one attached hydrogen (secondary N) is 1. The van der Waals surface area contributed by atoms with Crippen LogP contribution in [0.1, 0.15) is 31.9 Å². The van der Waals surface area contributed by atoms with Crippen molar-refractivity contribution in [1.82, 2.24) is 4.98 Å². The minimum Gasteiger partial charge on any atom is -0.358 e. The average molecular weight is 266 g/mol. The van der Waals surface area contributed by atoms with Gasteiger partial charge in [0.05, 0.1) is 0 Å². The molecule has 1 aromatic heterocycles. The maximum atomic E-state index is 3.57. The van der Waals surface area contributed by atoms with E-state index < -0.39 is 0 Å². The number of hydrogen-bond acceptors (Lipinski definition) is 0. The topological polar surface area (TPSA) is 15.8 Å². The van der Waals surface area contributed by atoms with Crippen molar-refractivity contribution in [2.45, 2.75) is 32.6 Å². The molecule has 2 aromatic rings. The van der Waals surface area contributed by atoms with Crippen molar-refractivity contribution in [3.8, 4) is 0 Å². The Morgan fingerprint density at radius 3 is 2.87 bits per heavy atom. The Morgan fingerprint density at radius 1 is 1.27 bits per heavy atom. The van der Waals surface area contributed by atoms with Crippen LogP contribution in [0.25, 0.3) is 10.9 Å². The molecule has 1 heterocycles. The van der Waals surface area contributed by atoms with Gasteiger partial charge in [0.2, 0.25) is 0 Å². The van der Waals surface area contributed by atoms with Crippen molar-refractivity contribution in [3.05, 3.63) is 34.4 Å². The lowest BCUT2D eigenvalue weighted by Crippen LogP contribution is -1.84. The predicted molar refractivity (Wildman–Crippen MR) is 69.2 cm³/mol. The van der Waals surface area contributed by atoms with Crippen LogP contribution in [0.5, 0.6) is 0 Å². The van der Waals surface area contributed by atoms with Gasteiger partial charge >= 0.3 is 0 Å². The molecule has 2 heteroatoms. The zero-order chi connectivity index (χ0) is 10.7. The van der Waals surface area contributed by atoms with E-state index in [4.69, 9.17) is 0 Å². The SMILES string of the molecule is CCCCCc1cc2c(Br)cccc2[nH]1. The highest BCUT2D eigenvalue weighted by molar-refractivity contribution is 9.10. The highest BCUT2D eigenvalue weighted by Gasteiger charge is 2.02. The van der Waals surface area contributed by atoms with E-state index in [-0.39, 0.29) is 0 Å². The Labute approximate surface area is 99.0 Å². The van der Waals surface area contributed by atoms with E-state index in [0.717, 1.165) is 6.42 Å². The van der Waals surface area contributed by atoms with E-state index >= 15 is 0 Å². The molecule has 0 fully saturated rings. The molecule has 1 N–H and O–H groups in total. The van der Waals surface area contributed by atoms with Gasteiger partial charge in [0, 0.05) is 21.1 Å². The van der Waals surface area contributed by atoms with Crippen molar-refractivity contribution in [3.63, 3.8) is 0 Å². The van der Waals surface area contributed by atoms with Gasteiger partial charge in [-0.1, -0.05) is 41.8 Å². The number of fused-ring (bicyclic) bond motifs is 1. The molecule has 0 radical (unpaired) electrons. The Balaban J connectivity index is 2.20. The third kappa shape index (κ3) is 2.43.